The summed E-state index contributed by atoms with van der Waals surface area (Å²) in [5, 5.41) is 2.56. The summed E-state index contributed by atoms with van der Waals surface area (Å²) in [5.41, 5.74) is 7.75. The second kappa shape index (κ2) is 12.4. The van der Waals surface area contributed by atoms with E-state index in [1.807, 2.05) is 0 Å². The number of hydrogen-bond donors (Lipinski definition) is 0. The number of fused-ring (bicyclic) bond motifs is 4. The maximum Gasteiger partial charge on any atom is 4.00 e. The molecule has 2 aromatic heterocycles. The van der Waals surface area contributed by atoms with Crippen molar-refractivity contribution in [2.24, 2.45) is 0 Å². The molecule has 6 aromatic rings. The molecular weight excluding hydrogens is 599 g/mol. The number of aromatic nitrogens is 2. The van der Waals surface area contributed by atoms with Crippen LogP contribution in [0.25, 0.3) is 34.0 Å². The molecule has 5 heteroatoms. The van der Waals surface area contributed by atoms with Crippen molar-refractivity contribution in [3.05, 3.63) is 156 Å². The van der Waals surface area contributed by atoms with Crippen LogP contribution in [0, 0.1) is 12.2 Å². The molecule has 0 saturated heterocycles. The van der Waals surface area contributed by atoms with Crippen molar-refractivity contribution in [3.63, 3.8) is 0 Å². The van der Waals surface area contributed by atoms with Crippen LogP contribution in [0.4, 0.5) is 0 Å². The molecule has 4 aromatic carbocycles. The Labute approximate surface area is 260 Å². The maximum atomic E-state index is 3.45. The van der Waals surface area contributed by atoms with Crippen molar-refractivity contribution in [1.29, 1.82) is 0 Å². The molecule has 0 amide bonds. The van der Waals surface area contributed by atoms with Crippen molar-refractivity contribution in [2.75, 3.05) is 0 Å². The quantitative estimate of drug-likeness (QED) is 0.262. The van der Waals surface area contributed by atoms with Gasteiger partial charge in [0.25, 0.3) is 0 Å². The number of para-hydroxylation sites is 2. The summed E-state index contributed by atoms with van der Waals surface area (Å²) in [6.45, 7) is 0. The summed E-state index contributed by atoms with van der Waals surface area (Å²) in [5.74, 6) is 0. The first-order chi connectivity index (χ1) is 17.9. The number of rotatable bonds is 2. The molecule has 0 radical (unpaired) electrons. The molecule has 0 saturated carbocycles. The van der Waals surface area contributed by atoms with Gasteiger partial charge in [-0.2, -0.15) is 11.1 Å². The minimum Gasteiger partial charge on any atom is -1.00 e. The molecule has 2 aliphatic carbocycles. The van der Waals surface area contributed by atoms with E-state index in [0.717, 1.165) is 0 Å². The van der Waals surface area contributed by atoms with E-state index in [2.05, 4.69) is 155 Å². The van der Waals surface area contributed by atoms with Crippen LogP contribution in [0.15, 0.2) is 122 Å². The fourth-order valence-electron chi connectivity index (χ4n) is 5.42. The molecule has 2 unspecified atom stereocenters. The van der Waals surface area contributed by atoms with Gasteiger partial charge in [-0.25, -0.2) is 24.3 Å². The van der Waals surface area contributed by atoms with Crippen molar-refractivity contribution < 1.29 is 51.0 Å². The van der Waals surface area contributed by atoms with Crippen LogP contribution in [0.5, 0.6) is 0 Å². The van der Waals surface area contributed by atoms with Gasteiger partial charge in [0.05, 0.1) is 0 Å². The summed E-state index contributed by atoms with van der Waals surface area (Å²) in [4.78, 5) is 0. The van der Waals surface area contributed by atoms with Crippen LogP contribution < -0.4 is 24.8 Å². The van der Waals surface area contributed by atoms with Gasteiger partial charge in [0.15, 0.2) is 0 Å². The largest absolute Gasteiger partial charge is 4.00 e. The van der Waals surface area contributed by atoms with Crippen LogP contribution in [0.3, 0.4) is 0 Å². The van der Waals surface area contributed by atoms with E-state index < -0.39 is 0 Å². The molecule has 2 atom stereocenters. The minimum atomic E-state index is 0. The van der Waals surface area contributed by atoms with E-state index in [9.17, 15) is 0 Å². The molecule has 0 aliphatic heterocycles. The van der Waals surface area contributed by atoms with Crippen molar-refractivity contribution >= 4 is 34.0 Å². The molecule has 188 valence electrons. The van der Waals surface area contributed by atoms with Gasteiger partial charge in [-0.05, 0) is 47.1 Å². The fourth-order valence-corrected chi connectivity index (χ4v) is 5.42. The summed E-state index contributed by atoms with van der Waals surface area (Å²) >= 11 is 0. The third kappa shape index (κ3) is 5.24. The van der Waals surface area contributed by atoms with Gasteiger partial charge in [0.2, 0.25) is 0 Å². The Bertz CT molecular complexity index is 1650. The predicted octanol–water partition coefficient (Wildman–Crippen LogP) is 2.13. The van der Waals surface area contributed by atoms with Gasteiger partial charge in [-0.1, -0.05) is 72.8 Å². The standard InChI is InChI=1S/2C17H12N.2ClH.Zr/c2*1-3-7-15-13(5-1)9-10-17(15)18-12-11-14-6-2-4-8-16(14)18;;;/h2*1-9,11-12,17H;2*1H;/q2*-1;;;+4/p-2. The van der Waals surface area contributed by atoms with Gasteiger partial charge >= 0.3 is 26.2 Å². The maximum absolute atomic E-state index is 3.45. The number of benzene rings is 4. The monoisotopic (exact) mass is 620 g/mol. The summed E-state index contributed by atoms with van der Waals surface area (Å²) in [6.07, 6.45) is 15.4. The van der Waals surface area contributed by atoms with Crippen molar-refractivity contribution in [2.45, 2.75) is 12.1 Å². The number of halogens is 2. The zero-order valence-corrected chi connectivity index (χ0v) is 25.0. The normalized spacial score (nSPS) is 15.9. The van der Waals surface area contributed by atoms with E-state index in [1.165, 1.54) is 44.1 Å². The van der Waals surface area contributed by atoms with Gasteiger partial charge < -0.3 is 33.9 Å². The van der Waals surface area contributed by atoms with Crippen LogP contribution in [0.2, 0.25) is 0 Å². The first-order valence-electron chi connectivity index (χ1n) is 12.3. The molecule has 8 rings (SSSR count). The van der Waals surface area contributed by atoms with E-state index in [1.54, 1.807) is 0 Å². The molecule has 2 aliphatic rings. The Kier molecular flexibility index (Phi) is 9.18. The van der Waals surface area contributed by atoms with Crippen LogP contribution in [-0.2, 0) is 26.2 Å². The smallest absolute Gasteiger partial charge is 1.00 e. The first-order valence-corrected chi connectivity index (χ1v) is 12.3. The molecule has 0 spiro atoms. The SMILES string of the molecule is [C-]1=Cc2ccccc2C1n1ccc2ccccc21.[C-]1=Cc2ccccc2C1n1ccc2ccccc21.[Cl-].[Cl-].[Zr+4]. The molecule has 0 bridgehead atoms. The van der Waals surface area contributed by atoms with Gasteiger partial charge in [-0.15, -0.1) is 23.3 Å². The Morgan fingerprint density at radius 1 is 0.462 bits per heavy atom. The predicted molar refractivity (Wildman–Crippen MR) is 148 cm³/mol. The Morgan fingerprint density at radius 3 is 1.31 bits per heavy atom. The number of nitrogens with zero attached hydrogens (tertiary/aromatic N) is 2. The molecule has 0 fully saturated rings. The average Bonchev–Trinajstić information content (AvgIpc) is 3.72. The van der Waals surface area contributed by atoms with E-state index >= 15 is 0 Å². The second-order valence-corrected chi connectivity index (χ2v) is 9.25. The third-order valence-corrected chi connectivity index (χ3v) is 7.19. The number of allylic oxidation sites excluding steroid dienone is 2. The van der Waals surface area contributed by atoms with Gasteiger partial charge in [0.1, 0.15) is 0 Å². The topological polar surface area (TPSA) is 9.86 Å². The number of hydrogen-bond acceptors (Lipinski definition) is 0. The van der Waals surface area contributed by atoms with E-state index in [4.69, 9.17) is 0 Å². The molecule has 2 nitrogen and oxygen atoms in total. The Balaban J connectivity index is 0.000000168. The van der Waals surface area contributed by atoms with E-state index in [0.29, 0.717) is 0 Å². The summed E-state index contributed by atoms with van der Waals surface area (Å²) in [6, 6.07) is 38.7. The summed E-state index contributed by atoms with van der Waals surface area (Å²) < 4.78 is 4.58. The van der Waals surface area contributed by atoms with Crippen LogP contribution in [-0.4, -0.2) is 9.13 Å². The average molecular weight is 623 g/mol. The van der Waals surface area contributed by atoms with Crippen LogP contribution in [0.1, 0.15) is 34.3 Å². The zero-order chi connectivity index (χ0) is 23.9. The molecule has 2 heterocycles. The van der Waals surface area contributed by atoms with Gasteiger partial charge in [0, 0.05) is 23.4 Å². The molecule has 39 heavy (non-hydrogen) atoms. The Hall–Kier alpha value is -3.10. The second-order valence-electron chi connectivity index (χ2n) is 9.25. The van der Waals surface area contributed by atoms with Gasteiger partial charge in [-0.3, -0.25) is 0 Å². The summed E-state index contributed by atoms with van der Waals surface area (Å²) in [7, 11) is 0. The minimum absolute atomic E-state index is 0. The van der Waals surface area contributed by atoms with E-state index in [-0.39, 0.29) is 63.1 Å². The van der Waals surface area contributed by atoms with Crippen molar-refractivity contribution in [1.82, 2.24) is 9.13 Å². The zero-order valence-electron chi connectivity index (χ0n) is 21.0. The van der Waals surface area contributed by atoms with Crippen molar-refractivity contribution in [3.8, 4) is 0 Å². The third-order valence-electron chi connectivity index (χ3n) is 7.19. The fraction of sp³-hybridized carbons (Fsp3) is 0.0588. The molecule has 0 N–H and O–H groups in total. The Morgan fingerprint density at radius 2 is 0.846 bits per heavy atom. The first kappa shape index (κ1) is 28.9. The molecular formula is C34H24Cl2N2Zr. The van der Waals surface area contributed by atoms with Crippen LogP contribution >= 0.6 is 0 Å².